The van der Waals surface area contributed by atoms with Crippen LogP contribution in [0.2, 0.25) is 10.0 Å². The van der Waals surface area contributed by atoms with Gasteiger partial charge in [0.2, 0.25) is 5.91 Å². The van der Waals surface area contributed by atoms with Gasteiger partial charge in [0, 0.05) is 40.5 Å². The van der Waals surface area contributed by atoms with Crippen LogP contribution < -0.4 is 11.1 Å². The predicted octanol–water partition coefficient (Wildman–Crippen LogP) is 4.90. The summed E-state index contributed by atoms with van der Waals surface area (Å²) in [6.07, 6.45) is 3.09. The van der Waals surface area contributed by atoms with Crippen LogP contribution >= 0.6 is 23.2 Å². The van der Waals surface area contributed by atoms with Crippen molar-refractivity contribution in [1.29, 1.82) is 0 Å². The summed E-state index contributed by atoms with van der Waals surface area (Å²) in [5.41, 5.74) is 8.24. The second-order valence-corrected chi connectivity index (χ2v) is 8.36. The van der Waals surface area contributed by atoms with E-state index in [1.165, 1.54) is 0 Å². The normalized spacial score (nSPS) is 25.2. The lowest BCUT2D eigenvalue weighted by molar-refractivity contribution is -0.121. The molecule has 0 spiro atoms. The first-order valence-electron chi connectivity index (χ1n) is 9.50. The zero-order valence-corrected chi connectivity index (χ0v) is 17.9. The number of amides is 1. The van der Waals surface area contributed by atoms with Crippen LogP contribution in [-0.4, -0.2) is 18.7 Å². The van der Waals surface area contributed by atoms with E-state index in [2.05, 4.69) is 5.32 Å². The fraction of sp³-hybridized carbons (Fsp3) is 0.304. The van der Waals surface area contributed by atoms with Crippen molar-refractivity contribution in [2.24, 2.45) is 5.92 Å². The summed E-state index contributed by atoms with van der Waals surface area (Å²) in [5, 5.41) is 4.04. The third-order valence-corrected chi connectivity index (χ3v) is 6.45. The fourth-order valence-electron chi connectivity index (χ4n) is 4.44. The molecule has 1 saturated heterocycles. The second-order valence-electron chi connectivity index (χ2n) is 7.48. The number of aldehydes is 1. The highest BCUT2D eigenvalue weighted by Crippen LogP contribution is 2.50. The molecule has 0 bridgehead atoms. The van der Waals surface area contributed by atoms with Crippen molar-refractivity contribution in [3.63, 3.8) is 0 Å². The molecule has 1 fully saturated rings. The van der Waals surface area contributed by atoms with Gasteiger partial charge in [0.25, 0.3) is 0 Å². The summed E-state index contributed by atoms with van der Waals surface area (Å²) in [5.74, 6) is -0.812. The van der Waals surface area contributed by atoms with Crippen LogP contribution in [0.3, 0.4) is 0 Å². The third-order valence-electron chi connectivity index (χ3n) is 5.98. The van der Waals surface area contributed by atoms with Crippen LogP contribution in [0.5, 0.6) is 0 Å². The summed E-state index contributed by atoms with van der Waals surface area (Å²) in [6, 6.07) is 12.6. The van der Waals surface area contributed by atoms with E-state index in [0.29, 0.717) is 27.8 Å². The maximum absolute atomic E-state index is 13.0. The molecule has 0 unspecified atom stereocenters. The van der Waals surface area contributed by atoms with Gasteiger partial charge in [-0.05, 0) is 49.2 Å². The lowest BCUT2D eigenvalue weighted by Crippen LogP contribution is -2.45. The molecule has 3 N–H and O–H groups in total. The summed E-state index contributed by atoms with van der Waals surface area (Å²) in [6.45, 7) is 4.16. The highest BCUT2D eigenvalue weighted by Gasteiger charge is 2.51. The number of nitrogens with two attached hydrogens (primary N) is 1. The van der Waals surface area contributed by atoms with Crippen molar-refractivity contribution >= 4 is 41.1 Å². The number of benzene rings is 2. The SMILES string of the molecule is C/C=C(\C)[C@H]1CC(=O)NC[C@@H](c2cccc(Cl)c2)[C@@]1(C=O)c1ccc(Cl)cc1N. The summed E-state index contributed by atoms with van der Waals surface area (Å²) in [4.78, 5) is 25.6. The molecule has 0 saturated carbocycles. The first kappa shape index (κ1) is 21.4. The Labute approximate surface area is 181 Å². The van der Waals surface area contributed by atoms with Crippen molar-refractivity contribution in [1.82, 2.24) is 5.32 Å². The molecule has 2 aromatic carbocycles. The number of carbonyl (C=O) groups is 2. The smallest absolute Gasteiger partial charge is 0.220 e. The van der Waals surface area contributed by atoms with Crippen LogP contribution in [0, 0.1) is 5.92 Å². The van der Waals surface area contributed by atoms with E-state index in [0.717, 1.165) is 17.4 Å². The van der Waals surface area contributed by atoms with Gasteiger partial charge >= 0.3 is 0 Å². The number of anilines is 1. The molecule has 2 aromatic rings. The zero-order chi connectivity index (χ0) is 21.2. The van der Waals surface area contributed by atoms with Crippen molar-refractivity contribution < 1.29 is 9.59 Å². The minimum Gasteiger partial charge on any atom is -0.398 e. The molecule has 0 aliphatic carbocycles. The third kappa shape index (κ3) is 3.92. The monoisotopic (exact) mass is 430 g/mol. The van der Waals surface area contributed by atoms with Crippen molar-refractivity contribution in [3.8, 4) is 0 Å². The van der Waals surface area contributed by atoms with Gasteiger partial charge in [-0.3, -0.25) is 4.79 Å². The Bertz CT molecular complexity index is 973. The maximum Gasteiger partial charge on any atom is 0.220 e. The molecule has 6 heteroatoms. The number of halogens is 2. The molecule has 1 heterocycles. The van der Waals surface area contributed by atoms with Crippen molar-refractivity contribution in [2.45, 2.75) is 31.6 Å². The average Bonchev–Trinajstić information content (AvgIpc) is 2.84. The van der Waals surface area contributed by atoms with E-state index >= 15 is 0 Å². The summed E-state index contributed by atoms with van der Waals surface area (Å²) in [7, 11) is 0. The average molecular weight is 431 g/mol. The van der Waals surface area contributed by atoms with Crippen LogP contribution in [0.1, 0.15) is 37.3 Å². The largest absolute Gasteiger partial charge is 0.398 e. The van der Waals surface area contributed by atoms with Gasteiger partial charge in [0.15, 0.2) is 0 Å². The van der Waals surface area contributed by atoms with Crippen LogP contribution in [-0.2, 0) is 15.0 Å². The highest BCUT2D eigenvalue weighted by molar-refractivity contribution is 6.31. The Balaban J connectivity index is 2.36. The topological polar surface area (TPSA) is 72.2 Å². The standard InChI is InChI=1S/C23H24Cl2N2O2/c1-3-14(2)19-11-22(29)27-12-20(15-5-4-6-16(24)9-15)23(19,13-28)18-8-7-17(25)10-21(18)26/h3-10,13,19-20H,11-12,26H2,1-2H3,(H,27,29)/b14-3+/t19-,20+,23+/m1/s1. The Morgan fingerprint density at radius 2 is 1.93 bits per heavy atom. The fourth-order valence-corrected chi connectivity index (χ4v) is 4.82. The zero-order valence-electron chi connectivity index (χ0n) is 16.4. The van der Waals surface area contributed by atoms with E-state index in [1.54, 1.807) is 24.3 Å². The van der Waals surface area contributed by atoms with Crippen molar-refractivity contribution in [3.05, 3.63) is 75.3 Å². The van der Waals surface area contributed by atoms with Crippen LogP contribution in [0.25, 0.3) is 0 Å². The van der Waals surface area contributed by atoms with E-state index in [-0.39, 0.29) is 24.2 Å². The molecule has 152 valence electrons. The Morgan fingerprint density at radius 3 is 2.55 bits per heavy atom. The van der Waals surface area contributed by atoms with Gasteiger partial charge in [-0.25, -0.2) is 0 Å². The number of hydrogen-bond donors (Lipinski definition) is 2. The summed E-state index contributed by atoms with van der Waals surface area (Å²) < 4.78 is 0. The Hall–Kier alpha value is -2.30. The van der Waals surface area contributed by atoms with Gasteiger partial charge in [-0.2, -0.15) is 0 Å². The number of allylic oxidation sites excluding steroid dienone is 2. The Morgan fingerprint density at radius 1 is 1.21 bits per heavy atom. The quantitative estimate of drug-likeness (QED) is 0.411. The first-order chi connectivity index (χ1) is 13.8. The van der Waals surface area contributed by atoms with Crippen LogP contribution in [0.15, 0.2) is 54.1 Å². The first-order valence-corrected chi connectivity index (χ1v) is 10.3. The lowest BCUT2D eigenvalue weighted by atomic mass is 9.59. The lowest BCUT2D eigenvalue weighted by Gasteiger charge is -2.42. The molecule has 3 rings (SSSR count). The predicted molar refractivity (Wildman–Crippen MR) is 118 cm³/mol. The number of hydrogen-bond acceptors (Lipinski definition) is 3. The number of nitrogen functional groups attached to an aromatic ring is 1. The van der Waals surface area contributed by atoms with Crippen molar-refractivity contribution in [2.75, 3.05) is 12.3 Å². The van der Waals surface area contributed by atoms with Crippen LogP contribution in [0.4, 0.5) is 5.69 Å². The van der Waals surface area contributed by atoms with Gasteiger partial charge in [0.05, 0.1) is 5.41 Å². The minimum atomic E-state index is -1.06. The van der Waals surface area contributed by atoms with Gasteiger partial charge in [-0.1, -0.05) is 53.1 Å². The van der Waals surface area contributed by atoms with E-state index in [1.807, 2.05) is 38.1 Å². The number of nitrogens with one attached hydrogen (secondary N) is 1. The molecule has 1 amide bonds. The van der Waals surface area contributed by atoms with Gasteiger partial charge in [0.1, 0.15) is 6.29 Å². The molecule has 1 aliphatic heterocycles. The molecular weight excluding hydrogens is 407 g/mol. The van der Waals surface area contributed by atoms with E-state index in [4.69, 9.17) is 28.9 Å². The minimum absolute atomic E-state index is 0.0977. The molecule has 29 heavy (non-hydrogen) atoms. The maximum atomic E-state index is 13.0. The van der Waals surface area contributed by atoms with Gasteiger partial charge in [-0.15, -0.1) is 0 Å². The number of carbonyl (C=O) groups excluding carboxylic acids is 2. The molecular formula is C23H24Cl2N2O2. The molecule has 4 nitrogen and oxygen atoms in total. The summed E-state index contributed by atoms with van der Waals surface area (Å²) >= 11 is 12.4. The van der Waals surface area contributed by atoms with Gasteiger partial charge < -0.3 is 15.8 Å². The molecule has 1 aliphatic rings. The number of rotatable bonds is 4. The molecule has 0 aromatic heterocycles. The molecule has 0 radical (unpaired) electrons. The Kier molecular flexibility index (Phi) is 6.35. The van der Waals surface area contributed by atoms with E-state index < -0.39 is 5.41 Å². The highest BCUT2D eigenvalue weighted by atomic mass is 35.5. The van der Waals surface area contributed by atoms with E-state index in [9.17, 15) is 9.59 Å². The molecule has 3 atom stereocenters. The second kappa shape index (κ2) is 8.60.